The van der Waals surface area contributed by atoms with Gasteiger partial charge in [-0.3, -0.25) is 14.5 Å². The van der Waals surface area contributed by atoms with Crippen molar-refractivity contribution < 1.29 is 33.6 Å². The average Bonchev–Trinajstić information content (AvgIpc) is 2.72. The molecule has 0 N–H and O–H groups in total. The molecule has 3 heterocycles. The second kappa shape index (κ2) is 8.64. The van der Waals surface area contributed by atoms with Crippen molar-refractivity contribution >= 4 is 17.5 Å². The molecule has 1 aromatic carbocycles. The van der Waals surface area contributed by atoms with E-state index in [1.165, 1.54) is 18.2 Å². The SMILES string of the molecule is O=C(c1ccc(OCCOC(F)(F)F)c(Cl)c1)N1CC[C@@]2(c3ccccn3)COC2C1.[HH]. The number of carbonyl (C=O) groups excluding carboxylic acids is 1. The van der Waals surface area contributed by atoms with E-state index >= 15 is 0 Å². The van der Waals surface area contributed by atoms with Crippen molar-refractivity contribution in [1.29, 1.82) is 0 Å². The smallest absolute Gasteiger partial charge is 0.490 e. The van der Waals surface area contributed by atoms with Crippen molar-refractivity contribution in [3.8, 4) is 5.75 Å². The molecule has 4 rings (SSSR count). The van der Waals surface area contributed by atoms with Gasteiger partial charge in [-0.2, -0.15) is 0 Å². The molecule has 0 bridgehead atoms. The summed E-state index contributed by atoms with van der Waals surface area (Å²) in [7, 11) is 0. The van der Waals surface area contributed by atoms with Crippen LogP contribution in [-0.4, -0.2) is 61.2 Å². The van der Waals surface area contributed by atoms with Gasteiger partial charge in [0.15, 0.2) is 0 Å². The summed E-state index contributed by atoms with van der Waals surface area (Å²) in [6.45, 7) is 0.605. The molecule has 10 heteroatoms. The number of halogens is 4. The number of benzene rings is 1. The Morgan fingerprint density at radius 1 is 1.32 bits per heavy atom. The van der Waals surface area contributed by atoms with Gasteiger partial charge in [0, 0.05) is 26.3 Å². The minimum atomic E-state index is -4.71. The predicted molar refractivity (Wildman–Crippen MR) is 107 cm³/mol. The van der Waals surface area contributed by atoms with Gasteiger partial charge < -0.3 is 14.4 Å². The van der Waals surface area contributed by atoms with Crippen molar-refractivity contribution in [3.05, 3.63) is 58.9 Å². The fourth-order valence-corrected chi connectivity index (χ4v) is 4.18. The largest absolute Gasteiger partial charge is 0.522 e. The first-order valence-electron chi connectivity index (χ1n) is 9.74. The van der Waals surface area contributed by atoms with Gasteiger partial charge in [-0.05, 0) is 36.8 Å². The molecule has 2 aromatic rings. The van der Waals surface area contributed by atoms with E-state index in [1.54, 1.807) is 11.1 Å². The number of piperidine rings is 1. The van der Waals surface area contributed by atoms with Gasteiger partial charge in [-0.25, -0.2) is 0 Å². The van der Waals surface area contributed by atoms with Crippen LogP contribution in [0.5, 0.6) is 5.75 Å². The molecule has 0 radical (unpaired) electrons. The maximum Gasteiger partial charge on any atom is 0.522 e. The van der Waals surface area contributed by atoms with Crippen LogP contribution in [0.15, 0.2) is 42.6 Å². The van der Waals surface area contributed by atoms with Crippen molar-refractivity contribution in [1.82, 2.24) is 9.88 Å². The second-order valence-corrected chi connectivity index (χ2v) is 7.87. The van der Waals surface area contributed by atoms with Crippen LogP contribution in [-0.2, 0) is 14.9 Å². The third kappa shape index (κ3) is 4.63. The first-order chi connectivity index (χ1) is 14.8. The van der Waals surface area contributed by atoms with Crippen LogP contribution in [0.25, 0.3) is 0 Å². The molecule has 1 amide bonds. The zero-order valence-corrected chi connectivity index (χ0v) is 17.2. The normalized spacial score (nSPS) is 23.1. The maximum atomic E-state index is 13.0. The van der Waals surface area contributed by atoms with Crippen LogP contribution in [0.3, 0.4) is 0 Å². The Bertz CT molecular complexity index is 950. The number of amides is 1. The monoisotopic (exact) mass is 458 g/mol. The van der Waals surface area contributed by atoms with E-state index in [0.29, 0.717) is 25.3 Å². The molecule has 1 aromatic heterocycles. The first kappa shape index (κ1) is 21.9. The summed E-state index contributed by atoms with van der Waals surface area (Å²) < 4.78 is 50.6. The number of carbonyl (C=O) groups is 1. The number of likely N-dealkylation sites (tertiary alicyclic amines) is 1. The zero-order valence-electron chi connectivity index (χ0n) is 16.4. The quantitative estimate of drug-likeness (QED) is 0.610. The molecule has 0 saturated carbocycles. The van der Waals surface area contributed by atoms with Gasteiger partial charge in [0.2, 0.25) is 0 Å². The molecule has 2 aliphatic rings. The number of ether oxygens (including phenoxy) is 3. The topological polar surface area (TPSA) is 60.9 Å². The highest BCUT2D eigenvalue weighted by Gasteiger charge is 2.54. The lowest BCUT2D eigenvalue weighted by atomic mass is 9.70. The van der Waals surface area contributed by atoms with E-state index in [1.807, 2.05) is 18.2 Å². The van der Waals surface area contributed by atoms with Gasteiger partial charge >= 0.3 is 6.36 Å². The van der Waals surface area contributed by atoms with Crippen LogP contribution >= 0.6 is 11.6 Å². The number of hydrogen-bond donors (Lipinski definition) is 0. The molecule has 2 aliphatic heterocycles. The Morgan fingerprint density at radius 2 is 2.16 bits per heavy atom. The fraction of sp³-hybridized carbons (Fsp3) is 0.429. The fourth-order valence-electron chi connectivity index (χ4n) is 3.94. The van der Waals surface area contributed by atoms with E-state index in [9.17, 15) is 18.0 Å². The summed E-state index contributed by atoms with van der Waals surface area (Å²) >= 11 is 6.15. The first-order valence-corrected chi connectivity index (χ1v) is 10.1. The summed E-state index contributed by atoms with van der Waals surface area (Å²) in [4.78, 5) is 19.2. The van der Waals surface area contributed by atoms with Crippen molar-refractivity contribution in [2.24, 2.45) is 0 Å². The van der Waals surface area contributed by atoms with E-state index in [-0.39, 0.29) is 36.2 Å². The highest BCUT2D eigenvalue weighted by atomic mass is 35.5. The lowest BCUT2D eigenvalue weighted by Gasteiger charge is -2.54. The number of nitrogens with zero attached hydrogens (tertiary/aromatic N) is 2. The number of fused-ring (bicyclic) bond motifs is 1. The van der Waals surface area contributed by atoms with Crippen molar-refractivity contribution in [2.45, 2.75) is 24.3 Å². The summed E-state index contributed by atoms with van der Waals surface area (Å²) in [5.41, 5.74) is 1.19. The summed E-state index contributed by atoms with van der Waals surface area (Å²) in [6, 6.07) is 10.3. The summed E-state index contributed by atoms with van der Waals surface area (Å²) in [5.74, 6) is -0.0156. The molecule has 6 nitrogen and oxygen atoms in total. The molecule has 2 atom stereocenters. The van der Waals surface area contributed by atoms with Crippen LogP contribution < -0.4 is 4.74 Å². The zero-order chi connectivity index (χ0) is 22.1. The van der Waals surface area contributed by atoms with E-state index in [4.69, 9.17) is 21.1 Å². The van der Waals surface area contributed by atoms with Gasteiger partial charge in [-0.1, -0.05) is 17.7 Å². The highest BCUT2D eigenvalue weighted by molar-refractivity contribution is 6.32. The molecule has 0 aliphatic carbocycles. The number of aromatic nitrogens is 1. The van der Waals surface area contributed by atoms with E-state index < -0.39 is 13.0 Å². The average molecular weight is 459 g/mol. The third-order valence-corrected chi connectivity index (χ3v) is 5.92. The van der Waals surface area contributed by atoms with Gasteiger partial charge in [0.25, 0.3) is 5.91 Å². The molecule has 1 unspecified atom stereocenters. The Morgan fingerprint density at radius 3 is 2.77 bits per heavy atom. The Labute approximate surface area is 183 Å². The van der Waals surface area contributed by atoms with E-state index in [0.717, 1.165) is 12.1 Å². The highest BCUT2D eigenvalue weighted by Crippen LogP contribution is 2.44. The number of rotatable bonds is 6. The third-order valence-electron chi connectivity index (χ3n) is 5.62. The van der Waals surface area contributed by atoms with Crippen LogP contribution in [0.1, 0.15) is 23.9 Å². The molecular formula is C21H22ClF3N2O4. The molecule has 2 fully saturated rings. The molecule has 31 heavy (non-hydrogen) atoms. The maximum absolute atomic E-state index is 13.0. The molecular weight excluding hydrogens is 437 g/mol. The summed E-state index contributed by atoms with van der Waals surface area (Å²) in [5, 5.41) is 0.137. The van der Waals surface area contributed by atoms with Gasteiger partial charge in [-0.15, -0.1) is 13.2 Å². The van der Waals surface area contributed by atoms with Crippen LogP contribution in [0, 0.1) is 0 Å². The number of hydrogen-bond acceptors (Lipinski definition) is 5. The Balaban J connectivity index is 0.00000289. The molecule has 168 valence electrons. The standard InChI is InChI=1S/C21H20ClF3N2O4.H2/c22-15-11-14(4-5-16(15)29-9-10-31-21(23,24)25)19(28)27-8-6-20(13-30-18(20)12-27)17-3-1-2-7-26-17;/h1-5,7,11,18H,6,8-10,12-13H2;1H/t18?,20-;/m0./s1. The lowest BCUT2D eigenvalue weighted by Crippen LogP contribution is -2.65. The Kier molecular flexibility index (Phi) is 6.09. The van der Waals surface area contributed by atoms with Gasteiger partial charge in [0.05, 0.1) is 35.4 Å². The predicted octanol–water partition coefficient (Wildman–Crippen LogP) is 4.08. The van der Waals surface area contributed by atoms with E-state index in [2.05, 4.69) is 9.72 Å². The summed E-state index contributed by atoms with van der Waals surface area (Å²) in [6.07, 6.45) is -2.32. The van der Waals surface area contributed by atoms with Crippen LogP contribution in [0.4, 0.5) is 13.2 Å². The minimum absolute atomic E-state index is 0. The minimum Gasteiger partial charge on any atom is -0.490 e. The molecule has 2 saturated heterocycles. The van der Waals surface area contributed by atoms with Gasteiger partial charge in [0.1, 0.15) is 12.4 Å². The lowest BCUT2D eigenvalue weighted by molar-refractivity contribution is -0.325. The Hall–Kier alpha value is -2.36. The molecule has 0 spiro atoms. The van der Waals surface area contributed by atoms with Crippen molar-refractivity contribution in [2.75, 3.05) is 32.9 Å². The number of alkyl halides is 3. The van der Waals surface area contributed by atoms with Crippen LogP contribution in [0.2, 0.25) is 5.02 Å². The number of pyridine rings is 1. The van der Waals surface area contributed by atoms with Crippen molar-refractivity contribution in [3.63, 3.8) is 0 Å². The second-order valence-electron chi connectivity index (χ2n) is 7.46.